The van der Waals surface area contributed by atoms with Gasteiger partial charge < -0.3 is 15.4 Å². The third-order valence-corrected chi connectivity index (χ3v) is 2.99. The van der Waals surface area contributed by atoms with Crippen LogP contribution in [0.3, 0.4) is 0 Å². The predicted molar refractivity (Wildman–Crippen MR) is 78.5 cm³/mol. The van der Waals surface area contributed by atoms with Crippen LogP contribution < -0.4 is 5.73 Å². The van der Waals surface area contributed by atoms with Crippen LogP contribution in [0.5, 0.6) is 0 Å². The molecule has 3 N–H and O–H groups in total. The lowest BCUT2D eigenvalue weighted by Crippen LogP contribution is -2.34. The van der Waals surface area contributed by atoms with E-state index in [9.17, 15) is 4.79 Å². The summed E-state index contributed by atoms with van der Waals surface area (Å²) in [5.41, 5.74) is 7.51. The van der Waals surface area contributed by atoms with Gasteiger partial charge in [-0.2, -0.15) is 5.10 Å². The summed E-state index contributed by atoms with van der Waals surface area (Å²) in [5, 5.41) is 7.66. The fourth-order valence-electron chi connectivity index (χ4n) is 1.98. The Morgan fingerprint density at radius 1 is 1.60 bits per heavy atom. The molecule has 1 aromatic carbocycles. The lowest BCUT2D eigenvalue weighted by Gasteiger charge is -2.19. The molecule has 6 nitrogen and oxygen atoms in total. The average Bonchev–Trinajstić information content (AvgIpc) is 2.85. The third kappa shape index (κ3) is 2.80. The number of ether oxygens (including phenoxy) is 1. The number of nitrogens with zero attached hydrogens (tertiary/aromatic N) is 2. The number of hydrogen-bond acceptors (Lipinski definition) is 4. The first-order valence-electron chi connectivity index (χ1n) is 6.30. The van der Waals surface area contributed by atoms with E-state index in [4.69, 9.17) is 10.5 Å². The molecule has 0 spiro atoms. The van der Waals surface area contributed by atoms with Gasteiger partial charge in [0.1, 0.15) is 0 Å². The summed E-state index contributed by atoms with van der Waals surface area (Å²) in [7, 11) is 1.60. The van der Waals surface area contributed by atoms with E-state index in [-0.39, 0.29) is 5.91 Å². The number of carbonyl (C=O) groups is 1. The van der Waals surface area contributed by atoms with E-state index in [2.05, 4.69) is 16.8 Å². The summed E-state index contributed by atoms with van der Waals surface area (Å²) in [6.07, 6.45) is 1.68. The fraction of sp³-hybridized carbons (Fsp3) is 0.286. The second kappa shape index (κ2) is 6.21. The molecule has 0 aliphatic heterocycles. The number of methoxy groups -OCH3 is 1. The zero-order valence-corrected chi connectivity index (χ0v) is 11.4. The van der Waals surface area contributed by atoms with Gasteiger partial charge in [0, 0.05) is 31.3 Å². The molecule has 0 radical (unpaired) electrons. The summed E-state index contributed by atoms with van der Waals surface area (Å²) in [4.78, 5) is 14.2. The molecule has 6 heteroatoms. The van der Waals surface area contributed by atoms with Crippen molar-refractivity contribution in [2.75, 3.05) is 32.5 Å². The molecule has 1 aromatic heterocycles. The van der Waals surface area contributed by atoms with E-state index in [0.29, 0.717) is 31.1 Å². The van der Waals surface area contributed by atoms with Gasteiger partial charge in [-0.15, -0.1) is 6.58 Å². The van der Waals surface area contributed by atoms with Crippen LogP contribution in [0.25, 0.3) is 10.9 Å². The topological polar surface area (TPSA) is 84.2 Å². The fourth-order valence-corrected chi connectivity index (χ4v) is 1.98. The number of amides is 1. The Labute approximate surface area is 117 Å². The highest BCUT2D eigenvalue weighted by molar-refractivity contribution is 6.05. The Balaban J connectivity index is 2.32. The van der Waals surface area contributed by atoms with Gasteiger partial charge in [-0.25, -0.2) is 0 Å². The van der Waals surface area contributed by atoms with Crippen molar-refractivity contribution in [2.24, 2.45) is 0 Å². The monoisotopic (exact) mass is 274 g/mol. The Morgan fingerprint density at radius 2 is 2.40 bits per heavy atom. The highest BCUT2D eigenvalue weighted by atomic mass is 16.5. The largest absolute Gasteiger partial charge is 0.399 e. The number of aromatic amines is 1. The van der Waals surface area contributed by atoms with E-state index in [1.165, 1.54) is 0 Å². The van der Waals surface area contributed by atoms with Gasteiger partial charge in [0.05, 0.1) is 12.1 Å². The summed E-state index contributed by atoms with van der Waals surface area (Å²) in [6, 6.07) is 5.32. The standard InChI is InChI=1S/C14H18N4O2/c1-3-6-18(7-8-20-2)14(19)13-11-9-10(15)4-5-12(11)16-17-13/h3-5,9H,1,6-8,15H2,2H3,(H,16,17). The maximum absolute atomic E-state index is 12.5. The van der Waals surface area contributed by atoms with Crippen LogP contribution in [0, 0.1) is 0 Å². The normalized spacial score (nSPS) is 10.7. The number of nitrogens with two attached hydrogens (primary N) is 1. The Hall–Kier alpha value is -2.34. The van der Waals surface area contributed by atoms with Gasteiger partial charge in [-0.1, -0.05) is 6.08 Å². The lowest BCUT2D eigenvalue weighted by molar-refractivity contribution is 0.0714. The van der Waals surface area contributed by atoms with Crippen LogP contribution in [0.15, 0.2) is 30.9 Å². The highest BCUT2D eigenvalue weighted by Crippen LogP contribution is 2.20. The summed E-state index contributed by atoms with van der Waals surface area (Å²) in [5.74, 6) is -0.168. The second-order valence-corrected chi connectivity index (χ2v) is 4.41. The van der Waals surface area contributed by atoms with Gasteiger partial charge in [0.2, 0.25) is 0 Å². The van der Waals surface area contributed by atoms with Gasteiger partial charge >= 0.3 is 0 Å². The molecule has 2 aromatic rings. The zero-order chi connectivity index (χ0) is 14.5. The first kappa shape index (κ1) is 14.1. The van der Waals surface area contributed by atoms with Gasteiger partial charge in [-0.05, 0) is 18.2 Å². The molecule has 1 heterocycles. The molecule has 0 aliphatic rings. The van der Waals surface area contributed by atoms with Crippen LogP contribution in [0.4, 0.5) is 5.69 Å². The van der Waals surface area contributed by atoms with Crippen molar-refractivity contribution in [3.63, 3.8) is 0 Å². The molecule has 0 aliphatic carbocycles. The van der Waals surface area contributed by atoms with Crippen LogP contribution >= 0.6 is 0 Å². The molecule has 0 saturated heterocycles. The molecule has 0 bridgehead atoms. The number of anilines is 1. The number of H-pyrrole nitrogens is 1. The number of benzene rings is 1. The lowest BCUT2D eigenvalue weighted by atomic mass is 10.1. The predicted octanol–water partition coefficient (Wildman–Crippen LogP) is 1.42. The molecule has 0 saturated carbocycles. The van der Waals surface area contributed by atoms with Crippen LogP contribution in [-0.4, -0.2) is 47.8 Å². The molecule has 106 valence electrons. The first-order valence-corrected chi connectivity index (χ1v) is 6.30. The van der Waals surface area contributed by atoms with Crippen molar-refractivity contribution in [3.8, 4) is 0 Å². The summed E-state index contributed by atoms with van der Waals surface area (Å²) >= 11 is 0. The third-order valence-electron chi connectivity index (χ3n) is 2.99. The van der Waals surface area contributed by atoms with Crippen LogP contribution in [0.2, 0.25) is 0 Å². The number of aromatic nitrogens is 2. The summed E-state index contributed by atoms with van der Waals surface area (Å²) in [6.45, 7) is 5.06. The molecule has 0 fully saturated rings. The molecular weight excluding hydrogens is 256 g/mol. The number of nitrogen functional groups attached to an aromatic ring is 1. The molecule has 1 amide bonds. The van der Waals surface area contributed by atoms with Crippen molar-refractivity contribution in [1.82, 2.24) is 15.1 Å². The van der Waals surface area contributed by atoms with Gasteiger partial charge in [0.25, 0.3) is 5.91 Å². The Morgan fingerprint density at radius 3 is 3.10 bits per heavy atom. The van der Waals surface area contributed by atoms with Crippen LogP contribution in [-0.2, 0) is 4.74 Å². The van der Waals surface area contributed by atoms with Gasteiger partial charge in [0.15, 0.2) is 5.69 Å². The van der Waals surface area contributed by atoms with Crippen LogP contribution in [0.1, 0.15) is 10.5 Å². The van der Waals surface area contributed by atoms with Crippen molar-refractivity contribution < 1.29 is 9.53 Å². The maximum Gasteiger partial charge on any atom is 0.275 e. The smallest absolute Gasteiger partial charge is 0.275 e. The minimum Gasteiger partial charge on any atom is -0.399 e. The first-order chi connectivity index (χ1) is 9.67. The minimum atomic E-state index is -0.168. The number of hydrogen-bond donors (Lipinski definition) is 2. The summed E-state index contributed by atoms with van der Waals surface area (Å²) < 4.78 is 5.02. The number of rotatable bonds is 6. The van der Waals surface area contributed by atoms with E-state index in [0.717, 1.165) is 10.9 Å². The minimum absolute atomic E-state index is 0.168. The quantitative estimate of drug-likeness (QED) is 0.616. The molecular formula is C14H18N4O2. The molecule has 0 unspecified atom stereocenters. The second-order valence-electron chi connectivity index (χ2n) is 4.41. The van der Waals surface area contributed by atoms with Crippen molar-refractivity contribution in [1.29, 1.82) is 0 Å². The van der Waals surface area contributed by atoms with E-state index >= 15 is 0 Å². The van der Waals surface area contributed by atoms with Crippen molar-refractivity contribution in [3.05, 3.63) is 36.5 Å². The van der Waals surface area contributed by atoms with E-state index < -0.39 is 0 Å². The molecule has 0 atom stereocenters. The maximum atomic E-state index is 12.5. The highest BCUT2D eigenvalue weighted by Gasteiger charge is 2.20. The Kier molecular flexibility index (Phi) is 4.37. The molecule has 2 rings (SSSR count). The Bertz CT molecular complexity index is 621. The van der Waals surface area contributed by atoms with Gasteiger partial charge in [-0.3, -0.25) is 9.89 Å². The zero-order valence-electron chi connectivity index (χ0n) is 11.4. The van der Waals surface area contributed by atoms with Crippen molar-refractivity contribution in [2.45, 2.75) is 0 Å². The van der Waals surface area contributed by atoms with Crippen molar-refractivity contribution >= 4 is 22.5 Å². The molecule has 20 heavy (non-hydrogen) atoms. The average molecular weight is 274 g/mol. The SMILES string of the molecule is C=CCN(CCOC)C(=O)c1n[nH]c2ccc(N)cc12. The van der Waals surface area contributed by atoms with E-state index in [1.54, 1.807) is 36.3 Å². The number of carbonyl (C=O) groups excluding carboxylic acids is 1. The number of nitrogens with one attached hydrogen (secondary N) is 1. The van der Waals surface area contributed by atoms with E-state index in [1.807, 2.05) is 0 Å². The number of fused-ring (bicyclic) bond motifs is 1.